The Kier molecular flexibility index (Phi) is 6.99. The largest absolute Gasteiger partial charge is 0.507 e. The third kappa shape index (κ3) is 5.13. The van der Waals surface area contributed by atoms with Crippen molar-refractivity contribution in [3.05, 3.63) is 137 Å². The maximum atomic E-state index is 11.3. The Balaban J connectivity index is 1.29. The van der Waals surface area contributed by atoms with Crippen LogP contribution in [0.15, 0.2) is 109 Å². The molecule has 5 heteroatoms. The van der Waals surface area contributed by atoms with Gasteiger partial charge in [-0.15, -0.1) is 0 Å². The van der Waals surface area contributed by atoms with Crippen molar-refractivity contribution in [2.75, 3.05) is 0 Å². The molecule has 6 aromatic rings. The van der Waals surface area contributed by atoms with Gasteiger partial charge in [0.1, 0.15) is 17.2 Å². The number of fused-ring (bicyclic) bond motifs is 3. The van der Waals surface area contributed by atoms with Crippen molar-refractivity contribution < 1.29 is 9.84 Å². The van der Waals surface area contributed by atoms with Crippen LogP contribution in [0.5, 0.6) is 17.2 Å². The Labute approximate surface area is 257 Å². The summed E-state index contributed by atoms with van der Waals surface area (Å²) in [6, 6.07) is 34.2. The van der Waals surface area contributed by atoms with E-state index in [1.54, 1.807) is 6.07 Å². The average Bonchev–Trinajstić information content (AvgIpc) is 3.42. The molecule has 5 nitrogen and oxygen atoms in total. The maximum Gasteiger partial charge on any atom is 0.167 e. The summed E-state index contributed by atoms with van der Waals surface area (Å²) in [6.07, 6.45) is 4.86. The van der Waals surface area contributed by atoms with Gasteiger partial charge < -0.3 is 9.84 Å². The lowest BCUT2D eigenvalue weighted by Gasteiger charge is -2.15. The van der Waals surface area contributed by atoms with Gasteiger partial charge in [-0.25, -0.2) is 15.0 Å². The van der Waals surface area contributed by atoms with Crippen molar-refractivity contribution in [2.24, 2.45) is 0 Å². The maximum absolute atomic E-state index is 11.3. The first-order valence-corrected chi connectivity index (χ1v) is 14.7. The quantitative estimate of drug-likeness (QED) is 0.215. The monoisotopic (exact) mass is 573 g/mol. The Bertz CT molecular complexity index is 1980. The zero-order valence-electron chi connectivity index (χ0n) is 24.9. The van der Waals surface area contributed by atoms with Crippen molar-refractivity contribution in [3.63, 3.8) is 0 Å². The molecule has 0 radical (unpaired) electrons. The van der Waals surface area contributed by atoms with Gasteiger partial charge in [-0.3, -0.25) is 0 Å². The number of aryl methyl sites for hydroxylation is 2. The fourth-order valence-corrected chi connectivity index (χ4v) is 5.67. The molecule has 1 aromatic heterocycles. The highest BCUT2D eigenvalue weighted by Gasteiger charge is 2.24. The molecule has 1 N–H and O–H groups in total. The van der Waals surface area contributed by atoms with Crippen molar-refractivity contribution in [1.82, 2.24) is 15.0 Å². The first kappa shape index (κ1) is 27.3. The van der Waals surface area contributed by atoms with Crippen LogP contribution >= 0.6 is 0 Å². The topological polar surface area (TPSA) is 68.1 Å². The van der Waals surface area contributed by atoms with E-state index in [0.29, 0.717) is 28.8 Å². The van der Waals surface area contributed by atoms with Crippen LogP contribution in [0.4, 0.5) is 0 Å². The second kappa shape index (κ2) is 11.3. The van der Waals surface area contributed by atoms with E-state index < -0.39 is 0 Å². The summed E-state index contributed by atoms with van der Waals surface area (Å²) in [5.74, 6) is 2.84. The molecule has 1 aliphatic carbocycles. The third-order valence-corrected chi connectivity index (χ3v) is 8.00. The van der Waals surface area contributed by atoms with Gasteiger partial charge in [0.25, 0.3) is 0 Å². The van der Waals surface area contributed by atoms with Crippen molar-refractivity contribution in [3.8, 4) is 62.5 Å². The molecule has 0 amide bonds. The predicted octanol–water partition coefficient (Wildman–Crippen LogP) is 9.59. The Morgan fingerprint density at radius 3 is 1.91 bits per heavy atom. The summed E-state index contributed by atoms with van der Waals surface area (Å²) in [6.45, 7) is 6.09. The highest BCUT2D eigenvalue weighted by molar-refractivity contribution is 5.82. The van der Waals surface area contributed by atoms with E-state index in [0.717, 1.165) is 45.6 Å². The molecule has 0 saturated carbocycles. The number of hydrogen-bond donors (Lipinski definition) is 1. The number of aromatic hydroxyl groups is 1. The van der Waals surface area contributed by atoms with Gasteiger partial charge in [0.2, 0.25) is 0 Å². The number of phenols is 1. The van der Waals surface area contributed by atoms with E-state index in [-0.39, 0.29) is 5.75 Å². The molecule has 7 rings (SSSR count). The number of allylic oxidation sites excluding steroid dienone is 1. The SMILES string of the molecule is CC=Cc1ccc2c(c1Oc1ccc(-c3nc(-c4ccc(C)cc4)nc(-c4ccc(C)cc4)n3)c(O)c1)Cc1ccccc1-2. The standard InChI is InChI=1S/C39H31N3O2/c1-4-7-26-18-20-32-31-9-6-5-8-29(31)22-34(32)36(26)44-30-19-21-33(35(43)23-30)39-41-37(27-14-10-24(2)11-15-27)40-38(42-39)28-16-12-25(3)13-17-28/h4-21,23,43H,22H2,1-3H3. The van der Waals surface area contributed by atoms with Crippen molar-refractivity contribution in [1.29, 1.82) is 0 Å². The normalized spacial score (nSPS) is 11.9. The van der Waals surface area contributed by atoms with Gasteiger partial charge in [-0.2, -0.15) is 0 Å². The molecule has 1 heterocycles. The first-order chi connectivity index (χ1) is 21.5. The lowest BCUT2D eigenvalue weighted by atomic mass is 10.0. The summed E-state index contributed by atoms with van der Waals surface area (Å²) in [4.78, 5) is 14.4. The molecule has 0 saturated heterocycles. The van der Waals surface area contributed by atoms with E-state index in [1.807, 2.05) is 87.5 Å². The van der Waals surface area contributed by atoms with Gasteiger partial charge in [-0.05, 0) is 49.6 Å². The summed E-state index contributed by atoms with van der Waals surface area (Å²) >= 11 is 0. The number of aromatic nitrogens is 3. The molecule has 214 valence electrons. The average molecular weight is 574 g/mol. The second-order valence-electron chi connectivity index (χ2n) is 11.2. The van der Waals surface area contributed by atoms with Crippen LogP contribution in [0.2, 0.25) is 0 Å². The summed E-state index contributed by atoms with van der Waals surface area (Å²) in [5.41, 5.74) is 10.4. The van der Waals surface area contributed by atoms with Crippen LogP contribution < -0.4 is 4.74 Å². The van der Waals surface area contributed by atoms with Crippen molar-refractivity contribution >= 4 is 6.08 Å². The van der Waals surface area contributed by atoms with E-state index in [1.165, 1.54) is 16.7 Å². The molecule has 44 heavy (non-hydrogen) atoms. The van der Waals surface area contributed by atoms with Crippen LogP contribution in [0.3, 0.4) is 0 Å². The number of rotatable bonds is 6. The van der Waals surface area contributed by atoms with Crippen LogP contribution in [0.25, 0.3) is 51.4 Å². The minimum atomic E-state index is 0.0295. The highest BCUT2D eigenvalue weighted by Crippen LogP contribution is 2.45. The third-order valence-electron chi connectivity index (χ3n) is 8.00. The molecule has 0 atom stereocenters. The van der Waals surface area contributed by atoms with Crippen LogP contribution in [-0.2, 0) is 6.42 Å². The minimum absolute atomic E-state index is 0.0295. The zero-order valence-corrected chi connectivity index (χ0v) is 24.9. The molecule has 0 aliphatic heterocycles. The molecule has 5 aromatic carbocycles. The molecular formula is C39H31N3O2. The first-order valence-electron chi connectivity index (χ1n) is 14.7. The smallest absolute Gasteiger partial charge is 0.167 e. The van der Waals surface area contributed by atoms with Gasteiger partial charge in [0, 0.05) is 34.7 Å². The van der Waals surface area contributed by atoms with Gasteiger partial charge in [-0.1, -0.05) is 108 Å². The summed E-state index contributed by atoms with van der Waals surface area (Å²) < 4.78 is 6.55. The molecule has 0 fully saturated rings. The van der Waals surface area contributed by atoms with Crippen LogP contribution in [0, 0.1) is 13.8 Å². The minimum Gasteiger partial charge on any atom is -0.507 e. The van der Waals surface area contributed by atoms with Gasteiger partial charge in [0.15, 0.2) is 17.5 Å². The molecule has 0 unspecified atom stereocenters. The van der Waals surface area contributed by atoms with Crippen LogP contribution in [-0.4, -0.2) is 20.1 Å². The fourth-order valence-electron chi connectivity index (χ4n) is 5.67. The number of phenolic OH excluding ortho intramolecular Hbond substituents is 1. The molecule has 0 spiro atoms. The molecular weight excluding hydrogens is 542 g/mol. The van der Waals surface area contributed by atoms with E-state index in [2.05, 4.69) is 42.5 Å². The van der Waals surface area contributed by atoms with E-state index in [9.17, 15) is 5.11 Å². The van der Waals surface area contributed by atoms with Crippen LogP contribution in [0.1, 0.15) is 34.7 Å². The summed E-state index contributed by atoms with van der Waals surface area (Å²) in [7, 11) is 0. The second-order valence-corrected chi connectivity index (χ2v) is 11.2. The lowest BCUT2D eigenvalue weighted by molar-refractivity contribution is 0.454. The molecule has 1 aliphatic rings. The van der Waals surface area contributed by atoms with E-state index in [4.69, 9.17) is 19.7 Å². The van der Waals surface area contributed by atoms with Gasteiger partial charge in [0.05, 0.1) is 5.56 Å². The predicted molar refractivity (Wildman–Crippen MR) is 177 cm³/mol. The number of ether oxygens (including phenoxy) is 1. The lowest BCUT2D eigenvalue weighted by Crippen LogP contribution is -2.00. The zero-order chi connectivity index (χ0) is 30.2. The van der Waals surface area contributed by atoms with Gasteiger partial charge >= 0.3 is 0 Å². The number of hydrogen-bond acceptors (Lipinski definition) is 5. The highest BCUT2D eigenvalue weighted by atomic mass is 16.5. The van der Waals surface area contributed by atoms with Crippen molar-refractivity contribution in [2.45, 2.75) is 27.2 Å². The van der Waals surface area contributed by atoms with E-state index >= 15 is 0 Å². The molecule has 0 bridgehead atoms. The Morgan fingerprint density at radius 1 is 0.659 bits per heavy atom. The Morgan fingerprint density at radius 2 is 1.27 bits per heavy atom. The fraction of sp³-hybridized carbons (Fsp3) is 0.103. The number of benzene rings is 5. The number of nitrogens with zero attached hydrogens (tertiary/aromatic N) is 3. The summed E-state index contributed by atoms with van der Waals surface area (Å²) in [5, 5.41) is 11.3. The Hall–Kier alpha value is -5.55.